The zero-order chi connectivity index (χ0) is 13.1. The summed E-state index contributed by atoms with van der Waals surface area (Å²) < 4.78 is 0.988. The third kappa shape index (κ3) is 2.58. The van der Waals surface area contributed by atoms with Crippen LogP contribution in [0.15, 0.2) is 40.2 Å². The fourth-order valence-electron chi connectivity index (χ4n) is 1.82. The first kappa shape index (κ1) is 13.1. The molecule has 0 amide bonds. The largest absolute Gasteiger partial charge is 0.366 e. The normalized spacial score (nSPS) is 11.9. The molecule has 18 heavy (non-hydrogen) atoms. The standard InChI is InChI=1S/C14H13BrN2S/c1-10(14-4-3-7-18-14)17(2)13-8-12(15)6-5-11(13)9-16/h3-8,10H,1-2H3. The lowest BCUT2D eigenvalue weighted by Gasteiger charge is -2.27. The Labute approximate surface area is 120 Å². The Bertz CT molecular complexity index is 572. The van der Waals surface area contributed by atoms with E-state index < -0.39 is 0 Å². The van der Waals surface area contributed by atoms with Gasteiger partial charge < -0.3 is 4.90 Å². The first-order chi connectivity index (χ1) is 8.63. The van der Waals surface area contributed by atoms with Gasteiger partial charge in [-0.05, 0) is 36.6 Å². The number of rotatable bonds is 3. The van der Waals surface area contributed by atoms with Gasteiger partial charge in [-0.2, -0.15) is 5.26 Å². The van der Waals surface area contributed by atoms with Gasteiger partial charge >= 0.3 is 0 Å². The number of anilines is 1. The summed E-state index contributed by atoms with van der Waals surface area (Å²) in [6, 6.07) is 12.4. The molecule has 0 bridgehead atoms. The van der Waals surface area contributed by atoms with Gasteiger partial charge in [-0.3, -0.25) is 0 Å². The van der Waals surface area contributed by atoms with Crippen LogP contribution in [0.2, 0.25) is 0 Å². The second-order valence-corrected chi connectivity index (χ2v) is 5.97. The summed E-state index contributed by atoms with van der Waals surface area (Å²) in [5, 5.41) is 11.3. The summed E-state index contributed by atoms with van der Waals surface area (Å²) in [7, 11) is 2.02. The van der Waals surface area contributed by atoms with Crippen molar-refractivity contribution in [2.24, 2.45) is 0 Å². The molecule has 0 spiro atoms. The second kappa shape index (κ2) is 5.55. The highest BCUT2D eigenvalue weighted by Crippen LogP contribution is 2.31. The maximum absolute atomic E-state index is 9.18. The summed E-state index contributed by atoms with van der Waals surface area (Å²) in [6.07, 6.45) is 0. The predicted octanol–water partition coefficient (Wildman–Crippen LogP) is 4.58. The third-order valence-electron chi connectivity index (χ3n) is 3.00. The fourth-order valence-corrected chi connectivity index (χ4v) is 3.00. The first-order valence-corrected chi connectivity index (χ1v) is 7.26. The minimum Gasteiger partial charge on any atom is -0.366 e. The zero-order valence-electron chi connectivity index (χ0n) is 10.2. The van der Waals surface area contributed by atoms with Gasteiger partial charge in [0, 0.05) is 16.4 Å². The summed E-state index contributed by atoms with van der Waals surface area (Å²) in [5.74, 6) is 0. The maximum atomic E-state index is 9.18. The predicted molar refractivity (Wildman–Crippen MR) is 80.0 cm³/mol. The van der Waals surface area contributed by atoms with E-state index in [1.807, 2.05) is 25.2 Å². The molecule has 4 heteroatoms. The molecule has 0 aliphatic heterocycles. The first-order valence-electron chi connectivity index (χ1n) is 5.59. The SMILES string of the molecule is CC(c1cccs1)N(C)c1cc(Br)ccc1C#N. The van der Waals surface area contributed by atoms with Crippen molar-refractivity contribution < 1.29 is 0 Å². The Morgan fingerprint density at radius 2 is 2.17 bits per heavy atom. The van der Waals surface area contributed by atoms with Gasteiger partial charge in [-0.15, -0.1) is 11.3 Å². The highest BCUT2D eigenvalue weighted by Gasteiger charge is 2.16. The Kier molecular flexibility index (Phi) is 4.05. The van der Waals surface area contributed by atoms with E-state index in [1.54, 1.807) is 11.3 Å². The topological polar surface area (TPSA) is 27.0 Å². The van der Waals surface area contributed by atoms with E-state index in [9.17, 15) is 5.26 Å². The molecule has 2 nitrogen and oxygen atoms in total. The van der Waals surface area contributed by atoms with Crippen LogP contribution in [0.5, 0.6) is 0 Å². The Hall–Kier alpha value is -1.31. The molecule has 92 valence electrons. The molecule has 0 fully saturated rings. The molecular formula is C14H13BrN2S. The van der Waals surface area contributed by atoms with Gasteiger partial charge in [0.25, 0.3) is 0 Å². The molecule has 2 aromatic rings. The Morgan fingerprint density at radius 3 is 2.78 bits per heavy atom. The van der Waals surface area contributed by atoms with Gasteiger partial charge in [0.15, 0.2) is 0 Å². The second-order valence-electron chi connectivity index (χ2n) is 4.08. The minimum absolute atomic E-state index is 0.256. The van der Waals surface area contributed by atoms with E-state index in [1.165, 1.54) is 4.88 Å². The number of nitrogens with zero attached hydrogens (tertiary/aromatic N) is 2. The van der Waals surface area contributed by atoms with Gasteiger partial charge in [-0.25, -0.2) is 0 Å². The summed E-state index contributed by atoms with van der Waals surface area (Å²) in [6.45, 7) is 2.15. The van der Waals surface area contributed by atoms with E-state index in [4.69, 9.17) is 0 Å². The average molecular weight is 321 g/mol. The highest BCUT2D eigenvalue weighted by molar-refractivity contribution is 9.10. The van der Waals surface area contributed by atoms with Gasteiger partial charge in [0.05, 0.1) is 17.3 Å². The molecule has 0 N–H and O–H groups in total. The molecule has 1 heterocycles. The van der Waals surface area contributed by atoms with Crippen molar-refractivity contribution in [1.82, 2.24) is 0 Å². The molecule has 0 aliphatic rings. The van der Waals surface area contributed by atoms with Crippen LogP contribution in [0.4, 0.5) is 5.69 Å². The van der Waals surface area contributed by atoms with Crippen LogP contribution < -0.4 is 4.90 Å². The van der Waals surface area contributed by atoms with E-state index in [-0.39, 0.29) is 6.04 Å². The quantitative estimate of drug-likeness (QED) is 0.827. The van der Waals surface area contributed by atoms with Crippen LogP contribution in [0.25, 0.3) is 0 Å². The minimum atomic E-state index is 0.256. The fraction of sp³-hybridized carbons (Fsp3) is 0.214. The average Bonchev–Trinajstić information content (AvgIpc) is 2.90. The van der Waals surface area contributed by atoms with Gasteiger partial charge in [0.2, 0.25) is 0 Å². The highest BCUT2D eigenvalue weighted by atomic mass is 79.9. The van der Waals surface area contributed by atoms with Crippen molar-refractivity contribution >= 4 is 33.0 Å². The molecular weight excluding hydrogens is 308 g/mol. The zero-order valence-corrected chi connectivity index (χ0v) is 12.6. The van der Waals surface area contributed by atoms with E-state index in [0.717, 1.165) is 10.2 Å². The molecule has 2 rings (SSSR count). The number of hydrogen-bond acceptors (Lipinski definition) is 3. The summed E-state index contributed by atoms with van der Waals surface area (Å²) in [4.78, 5) is 3.43. The van der Waals surface area contributed by atoms with Crippen LogP contribution in [0.3, 0.4) is 0 Å². The van der Waals surface area contributed by atoms with Crippen LogP contribution >= 0.6 is 27.3 Å². The van der Waals surface area contributed by atoms with Crippen molar-refractivity contribution in [3.63, 3.8) is 0 Å². The Morgan fingerprint density at radius 1 is 1.39 bits per heavy atom. The van der Waals surface area contributed by atoms with Crippen molar-refractivity contribution in [2.75, 3.05) is 11.9 Å². The lowest BCUT2D eigenvalue weighted by Crippen LogP contribution is -2.21. The molecule has 1 atom stereocenters. The monoisotopic (exact) mass is 320 g/mol. The van der Waals surface area contributed by atoms with Crippen molar-refractivity contribution in [3.8, 4) is 6.07 Å². The van der Waals surface area contributed by atoms with Crippen molar-refractivity contribution in [1.29, 1.82) is 5.26 Å². The van der Waals surface area contributed by atoms with Gasteiger partial charge in [-0.1, -0.05) is 22.0 Å². The number of thiophene rings is 1. The third-order valence-corrected chi connectivity index (χ3v) is 4.53. The summed E-state index contributed by atoms with van der Waals surface area (Å²) in [5.41, 5.74) is 1.65. The molecule has 0 saturated heterocycles. The molecule has 0 aliphatic carbocycles. The van der Waals surface area contributed by atoms with Crippen molar-refractivity contribution in [2.45, 2.75) is 13.0 Å². The number of halogens is 1. The lowest BCUT2D eigenvalue weighted by molar-refractivity contribution is 0.753. The lowest BCUT2D eigenvalue weighted by atomic mass is 10.1. The molecule has 0 radical (unpaired) electrons. The molecule has 1 aromatic carbocycles. The van der Waals surface area contributed by atoms with Crippen LogP contribution in [-0.4, -0.2) is 7.05 Å². The Balaban J connectivity index is 2.37. The molecule has 1 aromatic heterocycles. The van der Waals surface area contributed by atoms with E-state index >= 15 is 0 Å². The number of benzene rings is 1. The van der Waals surface area contributed by atoms with Crippen molar-refractivity contribution in [3.05, 3.63) is 50.6 Å². The number of nitriles is 1. The molecule has 1 unspecified atom stereocenters. The van der Waals surface area contributed by atoms with Crippen LogP contribution in [0.1, 0.15) is 23.4 Å². The maximum Gasteiger partial charge on any atom is 0.101 e. The van der Waals surface area contributed by atoms with Crippen LogP contribution in [0, 0.1) is 11.3 Å². The smallest absolute Gasteiger partial charge is 0.101 e. The van der Waals surface area contributed by atoms with Gasteiger partial charge in [0.1, 0.15) is 6.07 Å². The van der Waals surface area contributed by atoms with Crippen LogP contribution in [-0.2, 0) is 0 Å². The molecule has 0 saturated carbocycles. The number of hydrogen-bond donors (Lipinski definition) is 0. The summed E-state index contributed by atoms with van der Waals surface area (Å²) >= 11 is 5.19. The van der Waals surface area contributed by atoms with E-state index in [0.29, 0.717) is 5.56 Å². The van der Waals surface area contributed by atoms with E-state index in [2.05, 4.69) is 51.3 Å².